The Morgan fingerprint density at radius 1 is 1.33 bits per heavy atom. The van der Waals surface area contributed by atoms with Gasteiger partial charge in [-0.1, -0.05) is 19.2 Å². The maximum Gasteiger partial charge on any atom is 0.332 e. The predicted molar refractivity (Wildman–Crippen MR) is 89.4 cm³/mol. The Morgan fingerprint density at radius 3 is 2.08 bits per heavy atom. The average molecular weight is 342 g/mol. The van der Waals surface area contributed by atoms with Crippen LogP contribution in [0.3, 0.4) is 0 Å². The van der Waals surface area contributed by atoms with Crippen LogP contribution in [0.25, 0.3) is 0 Å². The second-order valence-electron chi connectivity index (χ2n) is 4.61. The minimum Gasteiger partial charge on any atom is -0.478 e. The van der Waals surface area contributed by atoms with Crippen LogP contribution in [-0.4, -0.2) is 49.4 Å². The summed E-state index contributed by atoms with van der Waals surface area (Å²) in [7, 11) is 1.33. The zero-order valence-corrected chi connectivity index (χ0v) is 14.7. The number of carbonyl (C=O) groups excluding carboxylic acids is 2. The molecule has 0 aromatic rings. The van der Waals surface area contributed by atoms with E-state index in [1.807, 2.05) is 0 Å². The van der Waals surface area contributed by atoms with Gasteiger partial charge in [0.05, 0.1) is 26.4 Å². The first-order valence-corrected chi connectivity index (χ1v) is 7.24. The van der Waals surface area contributed by atoms with Crippen molar-refractivity contribution in [1.29, 1.82) is 0 Å². The molecule has 0 radical (unpaired) electrons. The lowest BCUT2D eigenvalue weighted by Crippen LogP contribution is -1.98. The van der Waals surface area contributed by atoms with E-state index in [1.165, 1.54) is 7.11 Å². The molecule has 1 heterocycles. The van der Waals surface area contributed by atoms with Gasteiger partial charge in [-0.2, -0.15) is 0 Å². The van der Waals surface area contributed by atoms with Crippen LogP contribution in [0.5, 0.6) is 0 Å². The van der Waals surface area contributed by atoms with Gasteiger partial charge in [-0.25, -0.2) is 14.4 Å². The normalized spacial score (nSPS) is 14.7. The summed E-state index contributed by atoms with van der Waals surface area (Å²) in [6.45, 7) is 12.7. The minimum absolute atomic E-state index is 0.286. The lowest BCUT2D eigenvalue weighted by molar-refractivity contribution is -0.137. The summed E-state index contributed by atoms with van der Waals surface area (Å²) in [6.07, 6.45) is 3.86. The highest BCUT2D eigenvalue weighted by Gasteiger charge is 2.20. The van der Waals surface area contributed by atoms with Crippen LogP contribution in [0.2, 0.25) is 0 Å². The second-order valence-corrected chi connectivity index (χ2v) is 4.61. The second kappa shape index (κ2) is 14.2. The number of carbonyl (C=O) groups is 3. The Hall–Kier alpha value is -2.41. The quantitative estimate of drug-likeness (QED) is 0.449. The summed E-state index contributed by atoms with van der Waals surface area (Å²) >= 11 is 0. The Bertz CT molecular complexity index is 471. The summed E-state index contributed by atoms with van der Waals surface area (Å²) in [5.41, 5.74) is 0.831. The van der Waals surface area contributed by atoms with Crippen molar-refractivity contribution in [3.8, 4) is 0 Å². The molecule has 0 aromatic heterocycles. The fraction of sp³-hybridized carbons (Fsp3) is 0.471. The Labute approximate surface area is 142 Å². The molecule has 0 saturated carbocycles. The molecular formula is C17H26O7. The Kier molecular flexibility index (Phi) is 14.1. The molecule has 0 spiro atoms. The van der Waals surface area contributed by atoms with Gasteiger partial charge in [-0.3, -0.25) is 0 Å². The molecule has 0 bridgehead atoms. The smallest absolute Gasteiger partial charge is 0.332 e. The van der Waals surface area contributed by atoms with Gasteiger partial charge in [0.25, 0.3) is 0 Å². The highest BCUT2D eigenvalue weighted by Crippen LogP contribution is 2.14. The minimum atomic E-state index is -0.847. The van der Waals surface area contributed by atoms with Crippen molar-refractivity contribution in [1.82, 2.24) is 0 Å². The van der Waals surface area contributed by atoms with Gasteiger partial charge in [0.15, 0.2) is 0 Å². The first-order chi connectivity index (χ1) is 11.2. The molecule has 136 valence electrons. The van der Waals surface area contributed by atoms with E-state index in [0.717, 1.165) is 19.1 Å². The van der Waals surface area contributed by atoms with Gasteiger partial charge >= 0.3 is 17.9 Å². The van der Waals surface area contributed by atoms with E-state index in [9.17, 15) is 14.4 Å². The van der Waals surface area contributed by atoms with Crippen LogP contribution in [-0.2, 0) is 28.6 Å². The van der Waals surface area contributed by atoms with Crippen molar-refractivity contribution in [2.24, 2.45) is 0 Å². The van der Waals surface area contributed by atoms with Crippen molar-refractivity contribution in [3.05, 3.63) is 36.5 Å². The molecule has 1 atom stereocenters. The third-order valence-corrected chi connectivity index (χ3v) is 2.41. The van der Waals surface area contributed by atoms with Crippen LogP contribution >= 0.6 is 0 Å². The zero-order valence-electron chi connectivity index (χ0n) is 14.7. The Balaban J connectivity index is 0. The molecule has 24 heavy (non-hydrogen) atoms. The fourth-order valence-corrected chi connectivity index (χ4v) is 0.975. The topological polar surface area (TPSA) is 102 Å². The third kappa shape index (κ3) is 16.0. The van der Waals surface area contributed by atoms with Crippen LogP contribution in [0, 0.1) is 0 Å². The summed E-state index contributed by atoms with van der Waals surface area (Å²) in [4.78, 5) is 30.5. The van der Waals surface area contributed by atoms with Gasteiger partial charge in [-0.15, -0.1) is 0 Å². The number of ether oxygens (including phenoxy) is 3. The summed E-state index contributed by atoms with van der Waals surface area (Å²) in [6, 6.07) is 0. The standard InChI is InChI=1S/C7H10O3.2C5H8O2/c1-5(7(8)9)2-3-6-4-10-6;1-4(2)5(6)7-3;1-3-5(6)7-4-2/h2,6H,3-4H2,1H3,(H,8,9);1H2,2-3H3;3H,1,4H2,2H3. The third-order valence-electron chi connectivity index (χ3n) is 2.41. The molecular weight excluding hydrogens is 316 g/mol. The molecule has 0 aromatic carbocycles. The van der Waals surface area contributed by atoms with Crippen LogP contribution in [0.4, 0.5) is 0 Å². The average Bonchev–Trinajstić information content (AvgIpc) is 3.37. The van der Waals surface area contributed by atoms with Crippen molar-refractivity contribution in [2.75, 3.05) is 20.3 Å². The van der Waals surface area contributed by atoms with E-state index < -0.39 is 5.97 Å². The summed E-state index contributed by atoms with van der Waals surface area (Å²) in [5, 5.41) is 8.41. The molecule has 1 aliphatic heterocycles. The van der Waals surface area contributed by atoms with E-state index in [1.54, 1.807) is 26.8 Å². The maximum absolute atomic E-state index is 10.2. The number of epoxide rings is 1. The van der Waals surface area contributed by atoms with Crippen molar-refractivity contribution in [3.63, 3.8) is 0 Å². The number of esters is 2. The highest BCUT2D eigenvalue weighted by molar-refractivity contribution is 5.86. The molecule has 7 nitrogen and oxygen atoms in total. The van der Waals surface area contributed by atoms with E-state index in [-0.39, 0.29) is 18.0 Å². The number of rotatable bonds is 6. The summed E-state index contributed by atoms with van der Waals surface area (Å²) < 4.78 is 13.6. The zero-order chi connectivity index (χ0) is 19.1. The molecule has 1 unspecified atom stereocenters. The number of aliphatic carboxylic acids is 1. The van der Waals surface area contributed by atoms with Crippen molar-refractivity contribution < 1.29 is 33.7 Å². The Morgan fingerprint density at radius 2 is 1.88 bits per heavy atom. The number of hydrogen-bond acceptors (Lipinski definition) is 6. The molecule has 1 saturated heterocycles. The predicted octanol–water partition coefficient (Wildman–Crippen LogP) is 2.28. The molecule has 0 aliphatic carbocycles. The highest BCUT2D eigenvalue weighted by atomic mass is 16.6. The van der Waals surface area contributed by atoms with Gasteiger partial charge in [0.1, 0.15) is 0 Å². The first-order valence-electron chi connectivity index (χ1n) is 7.24. The van der Waals surface area contributed by atoms with Gasteiger partial charge in [0, 0.05) is 17.2 Å². The largest absolute Gasteiger partial charge is 0.478 e. The van der Waals surface area contributed by atoms with E-state index in [2.05, 4.69) is 22.6 Å². The lowest BCUT2D eigenvalue weighted by atomic mass is 10.2. The van der Waals surface area contributed by atoms with Gasteiger partial charge < -0.3 is 19.3 Å². The number of hydrogen-bond donors (Lipinski definition) is 1. The van der Waals surface area contributed by atoms with Crippen LogP contribution < -0.4 is 0 Å². The number of methoxy groups -OCH3 is 1. The molecule has 1 rings (SSSR count). The van der Waals surface area contributed by atoms with Crippen molar-refractivity contribution >= 4 is 17.9 Å². The lowest BCUT2D eigenvalue weighted by Gasteiger charge is -1.91. The van der Waals surface area contributed by atoms with Crippen LogP contribution in [0.1, 0.15) is 27.2 Å². The van der Waals surface area contributed by atoms with Gasteiger partial charge in [0.2, 0.25) is 0 Å². The maximum atomic E-state index is 10.2. The fourth-order valence-electron chi connectivity index (χ4n) is 0.975. The molecule has 1 aliphatic rings. The van der Waals surface area contributed by atoms with Crippen molar-refractivity contribution in [2.45, 2.75) is 33.3 Å². The van der Waals surface area contributed by atoms with E-state index >= 15 is 0 Å². The van der Waals surface area contributed by atoms with Crippen LogP contribution in [0.15, 0.2) is 36.5 Å². The summed E-state index contributed by atoms with van der Waals surface area (Å²) in [5.74, 6) is -1.55. The number of carboxylic acids is 1. The monoisotopic (exact) mass is 342 g/mol. The molecule has 1 N–H and O–H groups in total. The SMILES string of the molecule is C=C(C)C(=O)OC.C=CC(=O)OCC.CC(=CCC1CO1)C(=O)O. The van der Waals surface area contributed by atoms with Gasteiger partial charge in [-0.05, 0) is 27.2 Å². The van der Waals surface area contributed by atoms with E-state index in [0.29, 0.717) is 17.8 Å². The number of carboxylic acid groups (broad SMARTS) is 1. The first kappa shape index (κ1) is 23.9. The molecule has 0 amide bonds. The molecule has 1 fully saturated rings. The molecule has 7 heteroatoms. The van der Waals surface area contributed by atoms with E-state index in [4.69, 9.17) is 9.84 Å².